The molecule has 3 nitrogen and oxygen atoms in total. The van der Waals surface area contributed by atoms with Gasteiger partial charge in [0.1, 0.15) is 0 Å². The summed E-state index contributed by atoms with van der Waals surface area (Å²) in [5.41, 5.74) is 2.06. The van der Waals surface area contributed by atoms with Gasteiger partial charge in [0, 0.05) is 26.4 Å². The number of nitrogens with one attached hydrogen (secondary N) is 2. The van der Waals surface area contributed by atoms with Crippen molar-refractivity contribution < 1.29 is 4.79 Å². The van der Waals surface area contributed by atoms with Crippen molar-refractivity contribution in [2.75, 3.05) is 10.6 Å². The summed E-state index contributed by atoms with van der Waals surface area (Å²) >= 11 is 17.7. The molecule has 0 bridgehead atoms. The Morgan fingerprint density at radius 1 is 0.900 bits per heavy atom. The largest absolute Gasteiger partial charge is 0.323 e. The number of rotatable bonds is 2. The minimum Gasteiger partial charge on any atom is -0.308 e. The van der Waals surface area contributed by atoms with E-state index in [1.807, 2.05) is 13.0 Å². The molecule has 0 aliphatic rings. The maximum Gasteiger partial charge on any atom is 0.323 e. The molecule has 0 saturated heterocycles. The highest BCUT2D eigenvalue weighted by Gasteiger charge is 2.05. The van der Waals surface area contributed by atoms with E-state index in [2.05, 4.69) is 10.6 Å². The quantitative estimate of drug-likeness (QED) is 0.740. The van der Waals surface area contributed by atoms with E-state index >= 15 is 0 Å². The molecule has 2 N–H and O–H groups in total. The average Bonchev–Trinajstić information content (AvgIpc) is 2.32. The van der Waals surface area contributed by atoms with Gasteiger partial charge < -0.3 is 10.6 Å². The van der Waals surface area contributed by atoms with Gasteiger partial charge in [-0.1, -0.05) is 40.9 Å². The first kappa shape index (κ1) is 15.0. The van der Waals surface area contributed by atoms with E-state index in [0.29, 0.717) is 26.4 Å². The van der Waals surface area contributed by atoms with Crippen LogP contribution in [-0.4, -0.2) is 6.03 Å². The molecule has 0 heterocycles. The number of hydrogen-bond acceptors (Lipinski definition) is 1. The van der Waals surface area contributed by atoms with Gasteiger partial charge in [-0.2, -0.15) is 0 Å². The minimum atomic E-state index is -0.400. The highest BCUT2D eigenvalue weighted by molar-refractivity contribution is 6.35. The van der Waals surface area contributed by atoms with Crippen LogP contribution >= 0.6 is 34.8 Å². The zero-order valence-corrected chi connectivity index (χ0v) is 12.8. The van der Waals surface area contributed by atoms with Crippen LogP contribution in [0.15, 0.2) is 36.4 Å². The number of carbonyl (C=O) groups excluding carboxylic acids is 1. The summed E-state index contributed by atoms with van der Waals surface area (Å²) in [5, 5.41) is 6.81. The fraction of sp³-hybridized carbons (Fsp3) is 0.0714. The van der Waals surface area contributed by atoms with Gasteiger partial charge in [-0.3, -0.25) is 0 Å². The molecule has 0 aliphatic carbocycles. The second-order valence-corrected chi connectivity index (χ2v) is 5.48. The summed E-state index contributed by atoms with van der Waals surface area (Å²) in [7, 11) is 0. The van der Waals surface area contributed by atoms with Crippen LogP contribution in [0.2, 0.25) is 15.1 Å². The van der Waals surface area contributed by atoms with Crippen LogP contribution in [0.5, 0.6) is 0 Å². The molecule has 6 heteroatoms. The summed E-state index contributed by atoms with van der Waals surface area (Å²) in [5.74, 6) is 0. The molecule has 0 spiro atoms. The Kier molecular flexibility index (Phi) is 4.76. The van der Waals surface area contributed by atoms with Gasteiger partial charge in [0.15, 0.2) is 0 Å². The van der Waals surface area contributed by atoms with Gasteiger partial charge in [0.25, 0.3) is 0 Å². The molecule has 0 aromatic heterocycles. The van der Waals surface area contributed by atoms with Gasteiger partial charge in [-0.25, -0.2) is 4.79 Å². The Hall–Kier alpha value is -1.42. The van der Waals surface area contributed by atoms with Crippen molar-refractivity contribution in [3.05, 3.63) is 57.0 Å². The lowest BCUT2D eigenvalue weighted by Gasteiger charge is -2.09. The first-order valence-corrected chi connectivity index (χ1v) is 6.88. The highest BCUT2D eigenvalue weighted by Crippen LogP contribution is 2.23. The van der Waals surface area contributed by atoms with Crippen LogP contribution < -0.4 is 10.6 Å². The number of amides is 2. The Bertz CT molecular complexity index is 639. The van der Waals surface area contributed by atoms with Crippen molar-refractivity contribution >= 4 is 52.2 Å². The second kappa shape index (κ2) is 6.35. The third-order valence-electron chi connectivity index (χ3n) is 2.55. The van der Waals surface area contributed by atoms with E-state index in [9.17, 15) is 4.79 Å². The maximum absolute atomic E-state index is 11.8. The van der Waals surface area contributed by atoms with Crippen LogP contribution in [0.4, 0.5) is 16.2 Å². The van der Waals surface area contributed by atoms with Crippen LogP contribution in [0, 0.1) is 6.92 Å². The Morgan fingerprint density at radius 2 is 1.50 bits per heavy atom. The maximum atomic E-state index is 11.8. The van der Waals surface area contributed by atoms with Crippen LogP contribution in [0.3, 0.4) is 0 Å². The molecule has 0 fully saturated rings. The summed E-state index contributed by atoms with van der Waals surface area (Å²) in [6.45, 7) is 1.89. The van der Waals surface area contributed by atoms with Crippen molar-refractivity contribution in [3.8, 4) is 0 Å². The normalized spacial score (nSPS) is 10.2. The fourth-order valence-corrected chi connectivity index (χ4v) is 2.30. The van der Waals surface area contributed by atoms with E-state index in [1.165, 1.54) is 0 Å². The molecule has 0 unspecified atom stereocenters. The first-order valence-electron chi connectivity index (χ1n) is 5.74. The third-order valence-corrected chi connectivity index (χ3v) is 3.39. The molecule has 0 saturated carbocycles. The van der Waals surface area contributed by atoms with Gasteiger partial charge in [-0.05, 0) is 42.8 Å². The third kappa shape index (κ3) is 4.04. The lowest BCUT2D eigenvalue weighted by Crippen LogP contribution is -2.19. The van der Waals surface area contributed by atoms with Crippen molar-refractivity contribution in [1.82, 2.24) is 0 Å². The van der Waals surface area contributed by atoms with E-state index in [1.54, 1.807) is 30.3 Å². The lowest BCUT2D eigenvalue weighted by molar-refractivity contribution is 0.262. The van der Waals surface area contributed by atoms with Crippen LogP contribution in [0.1, 0.15) is 5.56 Å². The number of carbonyl (C=O) groups is 1. The SMILES string of the molecule is Cc1ccc(NC(=O)Nc2cc(Cl)cc(Cl)c2)cc1Cl. The molecule has 2 amide bonds. The molecule has 2 aromatic rings. The smallest absolute Gasteiger partial charge is 0.308 e. The predicted molar refractivity (Wildman–Crippen MR) is 85.3 cm³/mol. The number of urea groups is 1. The monoisotopic (exact) mass is 328 g/mol. The Morgan fingerprint density at radius 3 is 2.10 bits per heavy atom. The van der Waals surface area contributed by atoms with E-state index in [4.69, 9.17) is 34.8 Å². The van der Waals surface area contributed by atoms with Crippen LogP contribution in [-0.2, 0) is 0 Å². The molecule has 0 radical (unpaired) electrons. The van der Waals surface area contributed by atoms with E-state index < -0.39 is 6.03 Å². The second-order valence-electron chi connectivity index (χ2n) is 4.20. The number of aryl methyl sites for hydroxylation is 1. The fourth-order valence-electron chi connectivity index (χ4n) is 1.59. The Labute approximate surface area is 131 Å². The van der Waals surface area contributed by atoms with Crippen molar-refractivity contribution in [2.24, 2.45) is 0 Å². The van der Waals surface area contributed by atoms with Crippen molar-refractivity contribution in [1.29, 1.82) is 0 Å². The van der Waals surface area contributed by atoms with E-state index in [0.717, 1.165) is 5.56 Å². The van der Waals surface area contributed by atoms with Gasteiger partial charge >= 0.3 is 6.03 Å². The lowest BCUT2D eigenvalue weighted by atomic mass is 10.2. The molecule has 0 atom stereocenters. The summed E-state index contributed by atoms with van der Waals surface area (Å²) in [6.07, 6.45) is 0. The van der Waals surface area contributed by atoms with Gasteiger partial charge in [0.2, 0.25) is 0 Å². The zero-order valence-electron chi connectivity index (χ0n) is 10.5. The molecule has 0 aliphatic heterocycles. The number of hydrogen-bond donors (Lipinski definition) is 2. The zero-order chi connectivity index (χ0) is 14.7. The summed E-state index contributed by atoms with van der Waals surface area (Å²) < 4.78 is 0. The average molecular weight is 330 g/mol. The summed E-state index contributed by atoms with van der Waals surface area (Å²) in [4.78, 5) is 11.8. The van der Waals surface area contributed by atoms with Gasteiger partial charge in [-0.15, -0.1) is 0 Å². The Balaban J connectivity index is 2.06. The number of halogens is 3. The highest BCUT2D eigenvalue weighted by atomic mass is 35.5. The van der Waals surface area contributed by atoms with Crippen molar-refractivity contribution in [2.45, 2.75) is 6.92 Å². The molecule has 104 valence electrons. The molecular formula is C14H11Cl3N2O. The summed E-state index contributed by atoms with van der Waals surface area (Å²) in [6, 6.07) is 9.68. The molecular weight excluding hydrogens is 319 g/mol. The number of benzene rings is 2. The topological polar surface area (TPSA) is 41.1 Å². The first-order chi connectivity index (χ1) is 9.44. The standard InChI is InChI=1S/C14H11Cl3N2O/c1-8-2-3-11(7-13(8)17)18-14(20)19-12-5-9(15)4-10(16)6-12/h2-7H,1H3,(H2,18,19,20). The number of anilines is 2. The molecule has 2 aromatic carbocycles. The van der Waals surface area contributed by atoms with Crippen LogP contribution in [0.25, 0.3) is 0 Å². The van der Waals surface area contributed by atoms with Gasteiger partial charge in [0.05, 0.1) is 0 Å². The minimum absolute atomic E-state index is 0.400. The predicted octanol–water partition coefficient (Wildman–Crippen LogP) is 5.60. The van der Waals surface area contributed by atoms with Crippen molar-refractivity contribution in [3.63, 3.8) is 0 Å². The molecule has 20 heavy (non-hydrogen) atoms. The molecule has 2 rings (SSSR count). The van der Waals surface area contributed by atoms with E-state index in [-0.39, 0.29) is 0 Å².